The second-order valence-electron chi connectivity index (χ2n) is 6.61. The second kappa shape index (κ2) is 12.0. The molecule has 27 heavy (non-hydrogen) atoms. The minimum absolute atomic E-state index is 0. The van der Waals surface area contributed by atoms with Gasteiger partial charge in [-0.3, -0.25) is 14.9 Å². The third kappa shape index (κ3) is 7.50. The van der Waals surface area contributed by atoms with Crippen LogP contribution in [0.4, 0.5) is 0 Å². The Labute approximate surface area is 178 Å². The summed E-state index contributed by atoms with van der Waals surface area (Å²) in [6, 6.07) is 10.5. The van der Waals surface area contributed by atoms with Crippen LogP contribution in [0.25, 0.3) is 0 Å². The van der Waals surface area contributed by atoms with Crippen molar-refractivity contribution in [2.45, 2.75) is 38.8 Å². The number of aromatic nitrogens is 1. The lowest BCUT2D eigenvalue weighted by molar-refractivity contribution is 0.196. The van der Waals surface area contributed by atoms with Crippen molar-refractivity contribution in [1.29, 1.82) is 0 Å². The predicted octanol–water partition coefficient (Wildman–Crippen LogP) is 3.05. The van der Waals surface area contributed by atoms with Crippen LogP contribution in [0.2, 0.25) is 0 Å². The monoisotopic (exact) mass is 483 g/mol. The summed E-state index contributed by atoms with van der Waals surface area (Å²) in [5.74, 6) is 1.88. The van der Waals surface area contributed by atoms with Crippen LogP contribution < -0.4 is 10.6 Å². The fourth-order valence-electron chi connectivity index (χ4n) is 3.20. The molecule has 2 aromatic rings. The van der Waals surface area contributed by atoms with Crippen molar-refractivity contribution in [3.8, 4) is 0 Å². The van der Waals surface area contributed by atoms with Gasteiger partial charge in [0.2, 0.25) is 0 Å². The molecule has 1 saturated heterocycles. The summed E-state index contributed by atoms with van der Waals surface area (Å²) in [4.78, 5) is 11.6. The van der Waals surface area contributed by atoms with Gasteiger partial charge in [-0.05, 0) is 44.0 Å². The van der Waals surface area contributed by atoms with Gasteiger partial charge in [0.15, 0.2) is 5.96 Å². The van der Waals surface area contributed by atoms with E-state index in [9.17, 15) is 0 Å². The fourth-order valence-corrected chi connectivity index (χ4v) is 3.20. The summed E-state index contributed by atoms with van der Waals surface area (Å²) >= 11 is 0. The van der Waals surface area contributed by atoms with Gasteiger partial charge < -0.3 is 15.1 Å². The average molecular weight is 483 g/mol. The number of guanidine groups is 1. The number of piperidine rings is 1. The van der Waals surface area contributed by atoms with Crippen molar-refractivity contribution in [3.05, 3.63) is 54.2 Å². The van der Waals surface area contributed by atoms with Crippen molar-refractivity contribution >= 4 is 29.9 Å². The number of hydrogen-bond donors (Lipinski definition) is 2. The fraction of sp³-hybridized carbons (Fsp3) is 0.500. The van der Waals surface area contributed by atoms with E-state index in [0.717, 1.165) is 69.4 Å². The number of rotatable bonds is 7. The smallest absolute Gasteiger partial charge is 0.191 e. The zero-order chi connectivity index (χ0) is 18.0. The van der Waals surface area contributed by atoms with E-state index in [-0.39, 0.29) is 24.0 Å². The molecule has 2 aromatic heterocycles. The SMILES string of the molecule is CCNC(=NCCc1ccco1)NC1CCN(Cc2ccccn2)CC1.I. The summed E-state index contributed by atoms with van der Waals surface area (Å²) < 4.78 is 5.37. The maximum absolute atomic E-state index is 5.37. The van der Waals surface area contributed by atoms with E-state index in [4.69, 9.17) is 4.42 Å². The molecule has 148 valence electrons. The molecule has 0 atom stereocenters. The Morgan fingerprint density at radius 1 is 1.26 bits per heavy atom. The van der Waals surface area contributed by atoms with Gasteiger partial charge in [0, 0.05) is 51.4 Å². The van der Waals surface area contributed by atoms with E-state index in [1.807, 2.05) is 24.4 Å². The van der Waals surface area contributed by atoms with E-state index in [0.29, 0.717) is 6.04 Å². The van der Waals surface area contributed by atoms with Crippen molar-refractivity contribution in [1.82, 2.24) is 20.5 Å². The third-order valence-corrected chi connectivity index (χ3v) is 4.59. The minimum atomic E-state index is 0. The minimum Gasteiger partial charge on any atom is -0.469 e. The normalized spacial score (nSPS) is 16.0. The number of nitrogens with zero attached hydrogens (tertiary/aromatic N) is 3. The molecule has 0 unspecified atom stereocenters. The molecule has 0 amide bonds. The van der Waals surface area contributed by atoms with Gasteiger partial charge in [-0.1, -0.05) is 6.07 Å². The molecular formula is C20H30IN5O. The summed E-state index contributed by atoms with van der Waals surface area (Å²) in [6.45, 7) is 6.79. The van der Waals surface area contributed by atoms with E-state index >= 15 is 0 Å². The van der Waals surface area contributed by atoms with Crippen LogP contribution in [0.5, 0.6) is 0 Å². The topological polar surface area (TPSA) is 65.7 Å². The van der Waals surface area contributed by atoms with E-state index < -0.39 is 0 Å². The number of halogens is 1. The van der Waals surface area contributed by atoms with Gasteiger partial charge >= 0.3 is 0 Å². The van der Waals surface area contributed by atoms with Gasteiger partial charge in [0.25, 0.3) is 0 Å². The van der Waals surface area contributed by atoms with E-state index in [1.165, 1.54) is 0 Å². The summed E-state index contributed by atoms with van der Waals surface area (Å²) in [5.41, 5.74) is 1.15. The number of furan rings is 1. The lowest BCUT2D eigenvalue weighted by Crippen LogP contribution is -2.48. The van der Waals surface area contributed by atoms with Crippen LogP contribution in [-0.2, 0) is 13.0 Å². The maximum atomic E-state index is 5.37. The molecule has 0 spiro atoms. The maximum Gasteiger partial charge on any atom is 0.191 e. The quantitative estimate of drug-likeness (QED) is 0.360. The molecule has 0 radical (unpaired) electrons. The Morgan fingerprint density at radius 2 is 2.11 bits per heavy atom. The Bertz CT molecular complexity index is 654. The van der Waals surface area contributed by atoms with Crippen LogP contribution in [0, 0.1) is 0 Å². The van der Waals surface area contributed by atoms with Crippen molar-refractivity contribution in [2.75, 3.05) is 26.2 Å². The lowest BCUT2D eigenvalue weighted by atomic mass is 10.0. The molecule has 1 fully saturated rings. The highest BCUT2D eigenvalue weighted by Crippen LogP contribution is 2.13. The number of nitrogens with one attached hydrogen (secondary N) is 2. The molecule has 7 heteroatoms. The van der Waals surface area contributed by atoms with Crippen LogP contribution in [0.1, 0.15) is 31.2 Å². The molecule has 6 nitrogen and oxygen atoms in total. The Kier molecular flexibility index (Phi) is 9.61. The number of likely N-dealkylation sites (tertiary alicyclic amines) is 1. The second-order valence-corrected chi connectivity index (χ2v) is 6.61. The van der Waals surface area contributed by atoms with Crippen LogP contribution in [0.3, 0.4) is 0 Å². The largest absolute Gasteiger partial charge is 0.469 e. The highest BCUT2D eigenvalue weighted by atomic mass is 127. The highest BCUT2D eigenvalue weighted by molar-refractivity contribution is 14.0. The van der Waals surface area contributed by atoms with Crippen LogP contribution in [-0.4, -0.2) is 48.1 Å². The van der Waals surface area contributed by atoms with Crippen LogP contribution in [0.15, 0.2) is 52.2 Å². The van der Waals surface area contributed by atoms with Gasteiger partial charge in [-0.15, -0.1) is 24.0 Å². The summed E-state index contributed by atoms with van der Waals surface area (Å²) in [6.07, 6.45) is 6.64. The van der Waals surface area contributed by atoms with Gasteiger partial charge in [0.05, 0.1) is 12.0 Å². The summed E-state index contributed by atoms with van der Waals surface area (Å²) in [7, 11) is 0. The van der Waals surface area contributed by atoms with E-state index in [2.05, 4.69) is 44.6 Å². The standard InChI is InChI=1S/C20H29N5O.HI/c1-2-21-20(23-12-8-19-7-5-15-26-19)24-17-9-13-25(14-10-17)16-18-6-3-4-11-22-18;/h3-7,11,15,17H,2,8-10,12-14,16H2,1H3,(H2,21,23,24);1H. The predicted molar refractivity (Wildman–Crippen MR) is 119 cm³/mol. The average Bonchev–Trinajstić information content (AvgIpc) is 3.18. The number of hydrogen-bond acceptors (Lipinski definition) is 4. The van der Waals surface area contributed by atoms with Gasteiger partial charge in [-0.2, -0.15) is 0 Å². The zero-order valence-electron chi connectivity index (χ0n) is 15.9. The highest BCUT2D eigenvalue weighted by Gasteiger charge is 2.20. The first-order valence-electron chi connectivity index (χ1n) is 9.53. The number of pyridine rings is 1. The van der Waals surface area contributed by atoms with E-state index in [1.54, 1.807) is 6.26 Å². The Balaban J connectivity index is 0.00000261. The lowest BCUT2D eigenvalue weighted by Gasteiger charge is -2.32. The molecule has 3 rings (SSSR count). The molecule has 0 saturated carbocycles. The van der Waals surface area contributed by atoms with Gasteiger partial charge in [-0.25, -0.2) is 0 Å². The molecule has 2 N–H and O–H groups in total. The summed E-state index contributed by atoms with van der Waals surface area (Å²) in [5, 5.41) is 6.93. The van der Waals surface area contributed by atoms with Crippen molar-refractivity contribution in [2.24, 2.45) is 4.99 Å². The molecule has 0 bridgehead atoms. The van der Waals surface area contributed by atoms with Crippen molar-refractivity contribution < 1.29 is 4.42 Å². The molecular weight excluding hydrogens is 453 g/mol. The zero-order valence-corrected chi connectivity index (χ0v) is 18.3. The first-order chi connectivity index (χ1) is 12.8. The number of aliphatic imine (C=N–C) groups is 1. The third-order valence-electron chi connectivity index (χ3n) is 4.59. The molecule has 1 aliphatic rings. The molecule has 3 heterocycles. The first-order valence-corrected chi connectivity index (χ1v) is 9.53. The molecule has 0 aliphatic carbocycles. The Morgan fingerprint density at radius 3 is 2.78 bits per heavy atom. The first kappa shape index (κ1) is 21.7. The van der Waals surface area contributed by atoms with Crippen molar-refractivity contribution in [3.63, 3.8) is 0 Å². The Hall–Kier alpha value is -1.61. The molecule has 0 aromatic carbocycles. The van der Waals surface area contributed by atoms with Crippen LogP contribution >= 0.6 is 24.0 Å². The van der Waals surface area contributed by atoms with Gasteiger partial charge in [0.1, 0.15) is 5.76 Å². The molecule has 1 aliphatic heterocycles.